The highest BCUT2D eigenvalue weighted by molar-refractivity contribution is 6.01. The van der Waals surface area contributed by atoms with Crippen LogP contribution in [0.3, 0.4) is 0 Å². The lowest BCUT2D eigenvalue weighted by Gasteiger charge is -2.36. The fraction of sp³-hybridized carbons (Fsp3) is 0.500. The molecular formula is C22H28F3N5O3. The lowest BCUT2D eigenvalue weighted by Crippen LogP contribution is -2.49. The Bertz CT molecular complexity index is 1150. The monoisotopic (exact) mass is 467 g/mol. The van der Waals surface area contributed by atoms with Gasteiger partial charge in [-0.3, -0.25) is 23.6 Å². The molecule has 0 spiro atoms. The predicted octanol–water partition coefficient (Wildman–Crippen LogP) is 1.81. The molecule has 2 heterocycles. The third-order valence-corrected chi connectivity index (χ3v) is 5.69. The molecule has 11 heteroatoms. The molecule has 180 valence electrons. The number of alkyl halides is 3. The summed E-state index contributed by atoms with van der Waals surface area (Å²) >= 11 is 0. The highest BCUT2D eigenvalue weighted by Gasteiger charge is 2.31. The first-order chi connectivity index (χ1) is 15.4. The molecule has 0 radical (unpaired) electrons. The minimum Gasteiger partial charge on any atom is -0.384 e. The van der Waals surface area contributed by atoms with Crippen LogP contribution in [0.15, 0.2) is 33.9 Å². The van der Waals surface area contributed by atoms with Gasteiger partial charge in [0.15, 0.2) is 5.78 Å². The number of Topliss-reactive ketones (excluding diaryl/α,β-unsaturated/α-hetero) is 1. The van der Waals surface area contributed by atoms with Crippen LogP contribution in [0.5, 0.6) is 0 Å². The van der Waals surface area contributed by atoms with E-state index in [0.29, 0.717) is 31.9 Å². The van der Waals surface area contributed by atoms with Crippen molar-refractivity contribution in [2.24, 2.45) is 13.0 Å². The topological polar surface area (TPSA) is 93.6 Å². The minimum absolute atomic E-state index is 0.0737. The lowest BCUT2D eigenvalue weighted by atomic mass is 10.1. The van der Waals surface area contributed by atoms with Crippen LogP contribution in [0.2, 0.25) is 0 Å². The van der Waals surface area contributed by atoms with Gasteiger partial charge >= 0.3 is 11.9 Å². The van der Waals surface area contributed by atoms with E-state index in [2.05, 4.69) is 0 Å². The van der Waals surface area contributed by atoms with E-state index >= 15 is 0 Å². The van der Waals surface area contributed by atoms with E-state index in [4.69, 9.17) is 5.73 Å². The van der Waals surface area contributed by atoms with Gasteiger partial charge < -0.3 is 10.6 Å². The van der Waals surface area contributed by atoms with E-state index in [1.165, 1.54) is 17.7 Å². The molecule has 1 aliphatic rings. The molecule has 8 nitrogen and oxygen atoms in total. The molecule has 0 bridgehead atoms. The fourth-order valence-corrected chi connectivity index (χ4v) is 3.91. The highest BCUT2D eigenvalue weighted by Crippen LogP contribution is 2.31. The third-order valence-electron chi connectivity index (χ3n) is 5.69. The first kappa shape index (κ1) is 24.6. The van der Waals surface area contributed by atoms with Crippen molar-refractivity contribution in [2.45, 2.75) is 26.6 Å². The normalized spacial score (nSPS) is 15.3. The predicted molar refractivity (Wildman–Crippen MR) is 120 cm³/mol. The van der Waals surface area contributed by atoms with Gasteiger partial charge in [-0.1, -0.05) is 19.9 Å². The SMILES string of the molecule is CC(C)Cn1c(N)c(C(=O)CN2CCN(c3cccc(C(F)(F)F)c3)CC2)c(=O)n(C)c1=O. The number of carbonyl (C=O) groups is 1. The van der Waals surface area contributed by atoms with Crippen LogP contribution >= 0.6 is 0 Å². The Morgan fingerprint density at radius 2 is 1.76 bits per heavy atom. The van der Waals surface area contributed by atoms with Gasteiger partial charge in [0.25, 0.3) is 5.56 Å². The van der Waals surface area contributed by atoms with Crippen LogP contribution in [-0.4, -0.2) is 52.5 Å². The quantitative estimate of drug-likeness (QED) is 0.652. The van der Waals surface area contributed by atoms with Crippen LogP contribution < -0.4 is 21.9 Å². The van der Waals surface area contributed by atoms with Crippen molar-refractivity contribution >= 4 is 17.3 Å². The molecule has 0 aliphatic carbocycles. The average molecular weight is 467 g/mol. The number of rotatable bonds is 6. The molecule has 1 saturated heterocycles. The second-order valence-electron chi connectivity index (χ2n) is 8.65. The van der Waals surface area contributed by atoms with Gasteiger partial charge in [0.2, 0.25) is 0 Å². The first-order valence-corrected chi connectivity index (χ1v) is 10.7. The number of carbonyl (C=O) groups excluding carboxylic acids is 1. The smallest absolute Gasteiger partial charge is 0.384 e. The van der Waals surface area contributed by atoms with Gasteiger partial charge in [0.05, 0.1) is 12.1 Å². The molecule has 0 unspecified atom stereocenters. The summed E-state index contributed by atoms with van der Waals surface area (Å²) < 4.78 is 41.1. The van der Waals surface area contributed by atoms with Crippen LogP contribution in [-0.2, 0) is 19.8 Å². The van der Waals surface area contributed by atoms with E-state index in [1.807, 2.05) is 23.6 Å². The number of nitrogen functional groups attached to an aromatic ring is 1. The molecule has 2 aromatic rings. The number of hydrogen-bond donors (Lipinski definition) is 1. The maximum Gasteiger partial charge on any atom is 0.416 e. The zero-order valence-electron chi connectivity index (χ0n) is 18.9. The molecule has 2 N–H and O–H groups in total. The molecular weight excluding hydrogens is 439 g/mol. The third kappa shape index (κ3) is 5.29. The van der Waals surface area contributed by atoms with Crippen molar-refractivity contribution in [3.05, 3.63) is 56.2 Å². The lowest BCUT2D eigenvalue weighted by molar-refractivity contribution is -0.137. The van der Waals surface area contributed by atoms with Gasteiger partial charge in [-0.15, -0.1) is 0 Å². The molecule has 1 fully saturated rings. The number of anilines is 2. The molecule has 0 saturated carbocycles. The Balaban J connectivity index is 1.73. The van der Waals surface area contributed by atoms with Crippen molar-refractivity contribution < 1.29 is 18.0 Å². The van der Waals surface area contributed by atoms with E-state index in [0.717, 1.165) is 16.7 Å². The van der Waals surface area contributed by atoms with Crippen LogP contribution in [0.4, 0.5) is 24.7 Å². The summed E-state index contributed by atoms with van der Waals surface area (Å²) in [4.78, 5) is 41.6. The van der Waals surface area contributed by atoms with Gasteiger partial charge in [-0.25, -0.2) is 4.79 Å². The number of nitrogens with two attached hydrogens (primary N) is 1. The van der Waals surface area contributed by atoms with Crippen LogP contribution in [0.1, 0.15) is 29.8 Å². The van der Waals surface area contributed by atoms with Crippen molar-refractivity contribution in [3.63, 3.8) is 0 Å². The van der Waals surface area contributed by atoms with E-state index < -0.39 is 28.8 Å². The Kier molecular flexibility index (Phi) is 7.01. The van der Waals surface area contributed by atoms with Gasteiger partial charge in [-0.05, 0) is 24.1 Å². The summed E-state index contributed by atoms with van der Waals surface area (Å²) in [6.07, 6.45) is -4.41. The molecule has 1 aliphatic heterocycles. The molecule has 0 atom stereocenters. The summed E-state index contributed by atoms with van der Waals surface area (Å²) in [7, 11) is 1.31. The summed E-state index contributed by atoms with van der Waals surface area (Å²) in [5, 5.41) is 0. The molecule has 1 aromatic carbocycles. The minimum atomic E-state index is -4.41. The maximum absolute atomic E-state index is 13.0. The second kappa shape index (κ2) is 9.42. The zero-order valence-corrected chi connectivity index (χ0v) is 18.9. The second-order valence-corrected chi connectivity index (χ2v) is 8.65. The molecule has 3 rings (SSSR count). The number of aromatic nitrogens is 2. The number of hydrogen-bond acceptors (Lipinski definition) is 6. The van der Waals surface area contributed by atoms with E-state index in [-0.39, 0.29) is 30.4 Å². The number of halogens is 3. The number of nitrogens with zero attached hydrogens (tertiary/aromatic N) is 4. The summed E-state index contributed by atoms with van der Waals surface area (Å²) in [5.41, 5.74) is 4.31. The Hall–Kier alpha value is -3.08. The molecule has 33 heavy (non-hydrogen) atoms. The summed E-state index contributed by atoms with van der Waals surface area (Å²) in [6, 6.07) is 5.14. The largest absolute Gasteiger partial charge is 0.416 e. The Morgan fingerprint density at radius 1 is 1.12 bits per heavy atom. The molecule has 1 aromatic heterocycles. The standard InChI is InChI=1S/C22H28F3N5O3/c1-14(2)12-30-19(26)18(20(32)27(3)21(30)33)17(31)13-28-7-9-29(10-8-28)16-6-4-5-15(11-16)22(23,24)25/h4-6,11,14H,7-10,12-13,26H2,1-3H3. The van der Waals surface area contributed by atoms with Crippen LogP contribution in [0.25, 0.3) is 0 Å². The van der Waals surface area contributed by atoms with Crippen molar-refractivity contribution in [2.75, 3.05) is 43.4 Å². The summed E-state index contributed by atoms with van der Waals surface area (Å²) in [6.45, 7) is 5.68. The average Bonchev–Trinajstić information content (AvgIpc) is 2.75. The maximum atomic E-state index is 13.0. The van der Waals surface area contributed by atoms with Gasteiger partial charge in [0.1, 0.15) is 11.4 Å². The first-order valence-electron chi connectivity index (χ1n) is 10.7. The number of ketones is 1. The Morgan fingerprint density at radius 3 is 2.33 bits per heavy atom. The zero-order chi connectivity index (χ0) is 24.5. The van der Waals surface area contributed by atoms with Crippen molar-refractivity contribution in [1.29, 1.82) is 0 Å². The van der Waals surface area contributed by atoms with Crippen LogP contribution in [0, 0.1) is 5.92 Å². The summed E-state index contributed by atoms with van der Waals surface area (Å²) in [5.74, 6) is -0.545. The van der Waals surface area contributed by atoms with Crippen molar-refractivity contribution in [1.82, 2.24) is 14.0 Å². The highest BCUT2D eigenvalue weighted by atomic mass is 19.4. The number of piperazine rings is 1. The molecule has 0 amide bonds. The number of benzene rings is 1. The Labute approximate surface area is 189 Å². The van der Waals surface area contributed by atoms with E-state index in [9.17, 15) is 27.6 Å². The van der Waals surface area contributed by atoms with Crippen molar-refractivity contribution in [3.8, 4) is 0 Å². The van der Waals surface area contributed by atoms with E-state index in [1.54, 1.807) is 6.07 Å². The van der Waals surface area contributed by atoms with Gasteiger partial charge in [0, 0.05) is 45.5 Å². The van der Waals surface area contributed by atoms with Gasteiger partial charge in [-0.2, -0.15) is 13.2 Å². The fourth-order valence-electron chi connectivity index (χ4n) is 3.91.